The lowest BCUT2D eigenvalue weighted by molar-refractivity contribution is -0.384. The Morgan fingerprint density at radius 3 is 2.59 bits per heavy atom. The van der Waals surface area contributed by atoms with Gasteiger partial charge in [-0.1, -0.05) is 17.4 Å². The molecule has 0 aliphatic rings. The number of nitro benzene ring substituents is 1. The number of benzene rings is 1. The van der Waals surface area contributed by atoms with E-state index in [4.69, 9.17) is 0 Å². The van der Waals surface area contributed by atoms with E-state index in [1.165, 1.54) is 36.5 Å². The largest absolute Gasteiger partial charge is 0.324 e. The molecule has 0 fully saturated rings. The summed E-state index contributed by atoms with van der Waals surface area (Å²) in [6.07, 6.45) is 1.26. The standard InChI is InChI=1S/C12H8N4O5S/c17-12(8-2-1-3-9(6-8)15(18)19)14-13-7-10-4-5-11(22-10)16(20)21/h1-7H,(H,14,17)/b13-7-. The van der Waals surface area contributed by atoms with Crippen LogP contribution >= 0.6 is 11.3 Å². The van der Waals surface area contributed by atoms with Crippen molar-refractivity contribution in [1.29, 1.82) is 0 Å². The molecule has 1 aromatic heterocycles. The summed E-state index contributed by atoms with van der Waals surface area (Å²) in [4.78, 5) is 32.3. The number of hydrazone groups is 1. The summed E-state index contributed by atoms with van der Waals surface area (Å²) in [5, 5.41) is 24.8. The number of nitrogens with zero attached hydrogens (tertiary/aromatic N) is 3. The lowest BCUT2D eigenvalue weighted by Gasteiger charge is -1.99. The van der Waals surface area contributed by atoms with E-state index < -0.39 is 15.8 Å². The zero-order valence-corrected chi connectivity index (χ0v) is 11.6. The van der Waals surface area contributed by atoms with Gasteiger partial charge >= 0.3 is 5.00 Å². The zero-order valence-electron chi connectivity index (χ0n) is 10.8. The van der Waals surface area contributed by atoms with Crippen LogP contribution in [0.25, 0.3) is 0 Å². The molecule has 22 heavy (non-hydrogen) atoms. The SMILES string of the molecule is O=C(N/N=C\c1ccc([N+](=O)[O-])s1)c1cccc([N+](=O)[O-])c1. The minimum Gasteiger partial charge on any atom is -0.267 e. The molecule has 0 spiro atoms. The van der Waals surface area contributed by atoms with Gasteiger partial charge in [-0.05, 0) is 12.1 Å². The third-order valence-corrected chi connectivity index (χ3v) is 3.44. The molecule has 1 aromatic carbocycles. The van der Waals surface area contributed by atoms with Crippen molar-refractivity contribution in [1.82, 2.24) is 5.43 Å². The molecule has 0 radical (unpaired) electrons. The first-order valence-corrected chi connectivity index (χ1v) is 6.61. The highest BCUT2D eigenvalue weighted by molar-refractivity contribution is 7.16. The van der Waals surface area contributed by atoms with Crippen molar-refractivity contribution in [2.75, 3.05) is 0 Å². The average molecular weight is 320 g/mol. The minimum absolute atomic E-state index is 0.0357. The summed E-state index contributed by atoms with van der Waals surface area (Å²) in [6.45, 7) is 0. The summed E-state index contributed by atoms with van der Waals surface area (Å²) in [6, 6.07) is 8.01. The molecule has 0 bridgehead atoms. The van der Waals surface area contributed by atoms with E-state index in [9.17, 15) is 25.0 Å². The number of hydrogen-bond donors (Lipinski definition) is 1. The summed E-state index contributed by atoms with van der Waals surface area (Å²) in [5.41, 5.74) is 2.08. The van der Waals surface area contributed by atoms with Crippen LogP contribution in [0.2, 0.25) is 0 Å². The Balaban J connectivity index is 2.02. The van der Waals surface area contributed by atoms with E-state index in [1.54, 1.807) is 0 Å². The van der Waals surface area contributed by atoms with E-state index in [2.05, 4.69) is 10.5 Å². The molecule has 10 heteroatoms. The molecule has 1 amide bonds. The first kappa shape index (κ1) is 15.3. The Hall–Kier alpha value is -3.14. The molecule has 2 aromatic rings. The summed E-state index contributed by atoms with van der Waals surface area (Å²) >= 11 is 0.906. The highest BCUT2D eigenvalue weighted by Crippen LogP contribution is 2.22. The topological polar surface area (TPSA) is 128 Å². The van der Waals surface area contributed by atoms with E-state index in [1.807, 2.05) is 0 Å². The van der Waals surface area contributed by atoms with E-state index in [0.29, 0.717) is 4.88 Å². The van der Waals surface area contributed by atoms with Gasteiger partial charge in [0.1, 0.15) is 0 Å². The number of thiophene rings is 1. The van der Waals surface area contributed by atoms with Crippen LogP contribution in [0.3, 0.4) is 0 Å². The number of nitro groups is 2. The maximum atomic E-state index is 11.8. The van der Waals surface area contributed by atoms with E-state index >= 15 is 0 Å². The van der Waals surface area contributed by atoms with Crippen LogP contribution in [0.15, 0.2) is 41.5 Å². The molecule has 9 nitrogen and oxygen atoms in total. The number of non-ortho nitro benzene ring substituents is 1. The van der Waals surface area contributed by atoms with Crippen molar-refractivity contribution in [2.45, 2.75) is 0 Å². The van der Waals surface area contributed by atoms with Gasteiger partial charge < -0.3 is 0 Å². The fourth-order valence-electron chi connectivity index (χ4n) is 1.49. The van der Waals surface area contributed by atoms with E-state index in [0.717, 1.165) is 17.4 Å². The smallest absolute Gasteiger partial charge is 0.267 e. The lowest BCUT2D eigenvalue weighted by atomic mass is 10.2. The Labute approximate surface area is 127 Å². The fraction of sp³-hybridized carbons (Fsp3) is 0. The normalized spacial score (nSPS) is 10.5. The highest BCUT2D eigenvalue weighted by Gasteiger charge is 2.11. The van der Waals surface area contributed by atoms with E-state index in [-0.39, 0.29) is 16.3 Å². The van der Waals surface area contributed by atoms with Crippen LogP contribution in [0.1, 0.15) is 15.2 Å². The number of hydrogen-bond acceptors (Lipinski definition) is 7. The van der Waals surface area contributed by atoms with Crippen molar-refractivity contribution in [3.8, 4) is 0 Å². The Bertz CT molecular complexity index is 770. The molecule has 0 saturated heterocycles. The van der Waals surface area contributed by atoms with Crippen molar-refractivity contribution in [3.63, 3.8) is 0 Å². The quantitative estimate of drug-likeness (QED) is 0.513. The number of carbonyl (C=O) groups excluding carboxylic acids is 1. The van der Waals surface area contributed by atoms with Gasteiger partial charge in [-0.15, -0.1) is 0 Å². The monoisotopic (exact) mass is 320 g/mol. The molecule has 0 unspecified atom stereocenters. The van der Waals surface area contributed by atoms with Gasteiger partial charge in [-0.3, -0.25) is 25.0 Å². The minimum atomic E-state index is -0.619. The van der Waals surface area contributed by atoms with Gasteiger partial charge in [0.05, 0.1) is 20.9 Å². The second-order valence-electron chi connectivity index (χ2n) is 3.94. The summed E-state index contributed by atoms with van der Waals surface area (Å²) < 4.78 is 0. The number of nitrogens with one attached hydrogen (secondary N) is 1. The second-order valence-corrected chi connectivity index (χ2v) is 5.03. The van der Waals surface area contributed by atoms with Crippen molar-refractivity contribution in [2.24, 2.45) is 5.10 Å². The maximum absolute atomic E-state index is 11.8. The van der Waals surface area contributed by atoms with Crippen LogP contribution in [0.4, 0.5) is 10.7 Å². The zero-order chi connectivity index (χ0) is 16.1. The lowest BCUT2D eigenvalue weighted by Crippen LogP contribution is -2.17. The summed E-state index contributed by atoms with van der Waals surface area (Å²) in [7, 11) is 0. The molecule has 0 aliphatic carbocycles. The molecule has 0 aliphatic heterocycles. The molecule has 112 valence electrons. The maximum Gasteiger partial charge on any atom is 0.324 e. The van der Waals surface area contributed by atoms with Gasteiger partial charge in [0.15, 0.2) is 0 Å². The number of rotatable bonds is 5. The fourth-order valence-corrected chi connectivity index (χ4v) is 2.18. The third kappa shape index (κ3) is 3.70. The molecular formula is C12H8N4O5S. The van der Waals surface area contributed by atoms with Crippen LogP contribution < -0.4 is 5.43 Å². The van der Waals surface area contributed by atoms with Crippen LogP contribution in [0, 0.1) is 20.2 Å². The van der Waals surface area contributed by atoms with Gasteiger partial charge in [-0.2, -0.15) is 5.10 Å². The van der Waals surface area contributed by atoms with Crippen LogP contribution in [-0.4, -0.2) is 22.0 Å². The highest BCUT2D eigenvalue weighted by atomic mass is 32.1. The van der Waals surface area contributed by atoms with Gasteiger partial charge in [-0.25, -0.2) is 5.43 Å². The van der Waals surface area contributed by atoms with Crippen molar-refractivity contribution < 1.29 is 14.6 Å². The Morgan fingerprint density at radius 1 is 1.18 bits per heavy atom. The van der Waals surface area contributed by atoms with Crippen LogP contribution in [0.5, 0.6) is 0 Å². The molecule has 1 N–H and O–H groups in total. The number of carbonyl (C=O) groups is 1. The first-order valence-electron chi connectivity index (χ1n) is 5.79. The molecule has 0 saturated carbocycles. The van der Waals surface area contributed by atoms with Crippen LogP contribution in [-0.2, 0) is 0 Å². The van der Waals surface area contributed by atoms with Gasteiger partial charge in [0.2, 0.25) is 0 Å². The molecule has 2 rings (SSSR count). The molecule has 1 heterocycles. The third-order valence-electron chi connectivity index (χ3n) is 2.47. The number of amides is 1. The second kappa shape index (κ2) is 6.54. The van der Waals surface area contributed by atoms with Gasteiger partial charge in [0.25, 0.3) is 11.6 Å². The van der Waals surface area contributed by atoms with Crippen molar-refractivity contribution >= 4 is 34.1 Å². The molecular weight excluding hydrogens is 312 g/mol. The van der Waals surface area contributed by atoms with Gasteiger partial charge in [0, 0.05) is 23.8 Å². The predicted octanol–water partition coefficient (Wildman–Crippen LogP) is 2.33. The molecule has 0 atom stereocenters. The predicted molar refractivity (Wildman–Crippen MR) is 79.1 cm³/mol. The Morgan fingerprint density at radius 2 is 1.95 bits per heavy atom. The van der Waals surface area contributed by atoms with Crippen molar-refractivity contribution in [3.05, 3.63) is 67.1 Å². The Kier molecular flexibility index (Phi) is 4.53. The average Bonchev–Trinajstić information content (AvgIpc) is 2.96. The first-order chi connectivity index (χ1) is 10.5. The summed E-state index contributed by atoms with van der Waals surface area (Å²) in [5.74, 6) is -0.619.